The number of carbonyl (C=O) groups excluding carboxylic acids is 1. The average Bonchev–Trinajstić information content (AvgIpc) is 2.51. The quantitative estimate of drug-likeness (QED) is 0.755. The first-order valence-electron chi connectivity index (χ1n) is 8.84. The van der Waals surface area contributed by atoms with Gasteiger partial charge in [-0.15, -0.1) is 0 Å². The van der Waals surface area contributed by atoms with Crippen molar-refractivity contribution in [2.75, 3.05) is 31.1 Å². The Kier molecular flexibility index (Phi) is 5.45. The molecule has 23 heavy (non-hydrogen) atoms. The molecule has 1 amide bonds. The van der Waals surface area contributed by atoms with Gasteiger partial charge in [0.15, 0.2) is 6.04 Å². The predicted molar refractivity (Wildman–Crippen MR) is 93.1 cm³/mol. The third-order valence-corrected chi connectivity index (χ3v) is 5.69. The topological polar surface area (TPSA) is 20.3 Å². The van der Waals surface area contributed by atoms with Gasteiger partial charge in [-0.25, -0.2) is 4.39 Å². The summed E-state index contributed by atoms with van der Waals surface area (Å²) in [6.45, 7) is 14.0. The fraction of sp³-hybridized carbons (Fsp3) is 0.632. The summed E-state index contributed by atoms with van der Waals surface area (Å²) < 4.78 is 14.4. The summed E-state index contributed by atoms with van der Waals surface area (Å²) in [5.74, 6) is -0.0230. The number of carbonyl (C=O) groups is 1. The molecule has 128 valence electrons. The van der Waals surface area contributed by atoms with Crippen molar-refractivity contribution >= 4 is 11.6 Å². The van der Waals surface area contributed by atoms with Crippen LogP contribution in [0.3, 0.4) is 0 Å². The molecule has 1 heterocycles. The van der Waals surface area contributed by atoms with Crippen LogP contribution in [0.2, 0.25) is 0 Å². The van der Waals surface area contributed by atoms with E-state index in [2.05, 4.69) is 20.8 Å². The molecule has 0 bridgehead atoms. The number of hydrogen-bond acceptors (Lipinski definition) is 1. The van der Waals surface area contributed by atoms with Crippen LogP contribution in [-0.2, 0) is 4.79 Å². The number of nitrogens with zero attached hydrogens (tertiary/aromatic N) is 2. The zero-order chi connectivity index (χ0) is 17.2. The van der Waals surface area contributed by atoms with E-state index in [1.165, 1.54) is 12.1 Å². The van der Waals surface area contributed by atoms with Gasteiger partial charge in [0.2, 0.25) is 0 Å². The first kappa shape index (κ1) is 17.9. The van der Waals surface area contributed by atoms with Crippen LogP contribution in [0.1, 0.15) is 44.7 Å². The summed E-state index contributed by atoms with van der Waals surface area (Å²) in [7, 11) is 0. The van der Waals surface area contributed by atoms with E-state index in [-0.39, 0.29) is 17.8 Å². The molecular formula is C19H30FN2O+. The van der Waals surface area contributed by atoms with E-state index < -0.39 is 0 Å². The van der Waals surface area contributed by atoms with Gasteiger partial charge in [0.25, 0.3) is 5.91 Å². The summed E-state index contributed by atoms with van der Waals surface area (Å²) in [6, 6.07) is 3.08. The third-order valence-electron chi connectivity index (χ3n) is 5.69. The van der Waals surface area contributed by atoms with Crippen molar-refractivity contribution in [3.63, 3.8) is 0 Å². The van der Waals surface area contributed by atoms with Gasteiger partial charge >= 0.3 is 0 Å². The molecule has 3 nitrogen and oxygen atoms in total. The molecular weight excluding hydrogens is 291 g/mol. The lowest BCUT2D eigenvalue weighted by Crippen LogP contribution is -2.63. The van der Waals surface area contributed by atoms with Gasteiger partial charge in [-0.05, 0) is 64.3 Å². The first-order chi connectivity index (χ1) is 10.9. The second-order valence-corrected chi connectivity index (χ2v) is 6.70. The fourth-order valence-corrected chi connectivity index (χ4v) is 4.25. The minimum absolute atomic E-state index is 0.0209. The number of piperidine rings is 1. The second kappa shape index (κ2) is 7.00. The summed E-state index contributed by atoms with van der Waals surface area (Å²) in [5.41, 5.74) is 2.60. The van der Waals surface area contributed by atoms with Crippen LogP contribution in [-0.4, -0.2) is 42.6 Å². The largest absolute Gasteiger partial charge is 0.314 e. The molecule has 1 aromatic rings. The molecule has 1 aliphatic heterocycles. The highest BCUT2D eigenvalue weighted by Crippen LogP contribution is 2.32. The van der Waals surface area contributed by atoms with Crippen molar-refractivity contribution in [3.8, 4) is 0 Å². The lowest BCUT2D eigenvalue weighted by Gasteiger charge is -2.46. The highest BCUT2D eigenvalue weighted by Gasteiger charge is 2.43. The fourth-order valence-electron chi connectivity index (χ4n) is 4.25. The van der Waals surface area contributed by atoms with Crippen LogP contribution in [0.25, 0.3) is 0 Å². The van der Waals surface area contributed by atoms with Gasteiger partial charge in [0.1, 0.15) is 5.82 Å². The van der Waals surface area contributed by atoms with Crippen molar-refractivity contribution in [1.29, 1.82) is 0 Å². The van der Waals surface area contributed by atoms with Gasteiger partial charge in [0.05, 0.1) is 19.6 Å². The lowest BCUT2D eigenvalue weighted by molar-refractivity contribution is -0.938. The van der Waals surface area contributed by atoms with E-state index in [9.17, 15) is 9.18 Å². The molecule has 1 fully saturated rings. The maximum absolute atomic E-state index is 13.6. The van der Waals surface area contributed by atoms with Crippen LogP contribution in [0.4, 0.5) is 10.1 Å². The van der Waals surface area contributed by atoms with E-state index in [0.717, 1.165) is 60.3 Å². The monoisotopic (exact) mass is 321 g/mol. The Labute approximate surface area is 139 Å². The summed E-state index contributed by atoms with van der Waals surface area (Å²) in [6.07, 6.45) is 1.96. The highest BCUT2D eigenvalue weighted by atomic mass is 19.1. The van der Waals surface area contributed by atoms with Gasteiger partial charge in [-0.1, -0.05) is 0 Å². The Bertz CT molecular complexity index is 549. The smallest absolute Gasteiger partial charge is 0.285 e. The minimum atomic E-state index is -0.231. The molecule has 0 aromatic heterocycles. The van der Waals surface area contributed by atoms with Crippen LogP contribution >= 0.6 is 0 Å². The number of rotatable bonds is 5. The summed E-state index contributed by atoms with van der Waals surface area (Å²) in [4.78, 5) is 15.2. The Balaban J connectivity index is 2.41. The average molecular weight is 321 g/mol. The molecule has 2 rings (SSSR count). The van der Waals surface area contributed by atoms with E-state index in [4.69, 9.17) is 0 Å². The first-order valence-corrected chi connectivity index (χ1v) is 8.84. The number of anilines is 1. The van der Waals surface area contributed by atoms with Crippen molar-refractivity contribution in [1.82, 2.24) is 0 Å². The molecule has 1 aliphatic rings. The maximum Gasteiger partial charge on any atom is 0.285 e. The van der Waals surface area contributed by atoms with Crippen molar-refractivity contribution < 1.29 is 13.7 Å². The van der Waals surface area contributed by atoms with E-state index in [1.54, 1.807) is 0 Å². The summed E-state index contributed by atoms with van der Waals surface area (Å²) in [5, 5.41) is 0. The minimum Gasteiger partial charge on any atom is -0.314 e. The SMILES string of the molecule is CC[N+](CC)(CC)C1CCCN(c2c(C)cc(F)cc2C)C1=O. The molecule has 0 radical (unpaired) electrons. The second-order valence-electron chi connectivity index (χ2n) is 6.70. The number of likely N-dealkylation sites (N-methyl/N-ethyl adjacent to an activating group) is 1. The van der Waals surface area contributed by atoms with Crippen LogP contribution in [0.5, 0.6) is 0 Å². The van der Waals surface area contributed by atoms with Crippen LogP contribution < -0.4 is 4.90 Å². The highest BCUT2D eigenvalue weighted by molar-refractivity contribution is 5.98. The Morgan fingerprint density at radius 2 is 1.65 bits per heavy atom. The van der Waals surface area contributed by atoms with Gasteiger partial charge in [-0.2, -0.15) is 0 Å². The number of amides is 1. The summed E-state index contributed by atoms with van der Waals surface area (Å²) >= 11 is 0. The number of hydrogen-bond donors (Lipinski definition) is 0. The lowest BCUT2D eigenvalue weighted by atomic mass is 9.97. The Hall–Kier alpha value is -1.42. The molecule has 1 unspecified atom stereocenters. The molecule has 0 aliphatic carbocycles. The standard InChI is InChI=1S/C19H30FN2O/c1-6-22(7-2,8-3)17-10-9-11-21(19(17)23)18-14(4)12-16(20)13-15(18)5/h12-13,17H,6-11H2,1-5H3/q+1. The van der Waals surface area contributed by atoms with E-state index >= 15 is 0 Å². The Morgan fingerprint density at radius 1 is 1.13 bits per heavy atom. The maximum atomic E-state index is 13.6. The molecule has 0 saturated carbocycles. The normalized spacial score (nSPS) is 19.3. The third kappa shape index (κ3) is 3.14. The Morgan fingerprint density at radius 3 is 2.13 bits per heavy atom. The zero-order valence-electron chi connectivity index (χ0n) is 15.2. The van der Waals surface area contributed by atoms with Gasteiger partial charge in [-0.3, -0.25) is 4.79 Å². The number of quaternary nitrogens is 1. The molecule has 4 heteroatoms. The van der Waals surface area contributed by atoms with Crippen LogP contribution in [0.15, 0.2) is 12.1 Å². The van der Waals surface area contributed by atoms with Crippen molar-refractivity contribution in [2.24, 2.45) is 0 Å². The molecule has 1 aromatic carbocycles. The van der Waals surface area contributed by atoms with E-state index in [0.29, 0.717) is 0 Å². The molecule has 1 atom stereocenters. The number of aryl methyl sites for hydroxylation is 2. The van der Waals surface area contributed by atoms with Gasteiger partial charge < -0.3 is 9.38 Å². The number of halogens is 1. The van der Waals surface area contributed by atoms with Gasteiger partial charge in [0, 0.05) is 18.7 Å². The van der Waals surface area contributed by atoms with Crippen molar-refractivity contribution in [2.45, 2.75) is 53.5 Å². The molecule has 0 spiro atoms. The van der Waals surface area contributed by atoms with E-state index in [1.807, 2.05) is 18.7 Å². The van der Waals surface area contributed by atoms with Crippen LogP contribution in [0, 0.1) is 19.7 Å². The predicted octanol–water partition coefficient (Wildman–Crippen LogP) is 3.81. The number of benzene rings is 1. The molecule has 0 N–H and O–H groups in total. The van der Waals surface area contributed by atoms with Crippen molar-refractivity contribution in [3.05, 3.63) is 29.1 Å². The zero-order valence-corrected chi connectivity index (χ0v) is 15.2. The molecule has 1 saturated heterocycles.